The van der Waals surface area contributed by atoms with Crippen molar-refractivity contribution in [3.63, 3.8) is 0 Å². The Labute approximate surface area is 209 Å². The molecular formula is C24H16Cl3N3O4. The fourth-order valence-electron chi connectivity index (χ4n) is 3.32. The van der Waals surface area contributed by atoms with Gasteiger partial charge < -0.3 is 15.7 Å². The number of anilines is 3. The number of phenols is 1. The predicted octanol–water partition coefficient (Wildman–Crippen LogP) is 5.70. The van der Waals surface area contributed by atoms with E-state index in [1.807, 2.05) is 0 Å². The first-order valence-corrected chi connectivity index (χ1v) is 11.0. The fraction of sp³-hybridized carbons (Fsp3) is 0.0417. The number of amides is 3. The van der Waals surface area contributed by atoms with Gasteiger partial charge in [-0.1, -0.05) is 40.9 Å². The van der Waals surface area contributed by atoms with Crippen LogP contribution in [0.2, 0.25) is 10.0 Å². The van der Waals surface area contributed by atoms with Gasteiger partial charge in [0.25, 0.3) is 17.7 Å². The summed E-state index contributed by atoms with van der Waals surface area (Å²) in [6.45, 7) is 1.70. The number of carbonyl (C=O) groups excluding carboxylic acids is 3. The van der Waals surface area contributed by atoms with E-state index >= 15 is 0 Å². The molecule has 10 heteroatoms. The molecule has 3 aromatic rings. The molecular weight excluding hydrogens is 501 g/mol. The molecule has 0 saturated heterocycles. The quantitative estimate of drug-likeness (QED) is 0.299. The number of benzene rings is 3. The van der Waals surface area contributed by atoms with E-state index in [2.05, 4.69) is 10.6 Å². The summed E-state index contributed by atoms with van der Waals surface area (Å²) in [7, 11) is 0. The second-order valence-corrected chi connectivity index (χ2v) is 8.56. The smallest absolute Gasteiger partial charge is 0.283 e. The molecule has 3 aromatic carbocycles. The Bertz CT molecular complexity index is 1370. The minimum atomic E-state index is -0.670. The zero-order valence-electron chi connectivity index (χ0n) is 17.5. The Balaban J connectivity index is 1.51. The highest BCUT2D eigenvalue weighted by atomic mass is 35.5. The highest BCUT2D eigenvalue weighted by Gasteiger charge is 2.39. The van der Waals surface area contributed by atoms with E-state index < -0.39 is 17.7 Å². The van der Waals surface area contributed by atoms with Crippen LogP contribution in [-0.2, 0) is 9.59 Å². The van der Waals surface area contributed by atoms with Gasteiger partial charge in [-0.2, -0.15) is 0 Å². The first kappa shape index (κ1) is 23.6. The van der Waals surface area contributed by atoms with Crippen LogP contribution in [0.1, 0.15) is 15.9 Å². The lowest BCUT2D eigenvalue weighted by molar-refractivity contribution is -0.120. The summed E-state index contributed by atoms with van der Waals surface area (Å²) < 4.78 is 0. The minimum Gasteiger partial charge on any atom is -0.506 e. The molecule has 1 aliphatic rings. The summed E-state index contributed by atoms with van der Waals surface area (Å²) in [6, 6.07) is 15.3. The fourth-order valence-corrected chi connectivity index (χ4v) is 3.87. The Morgan fingerprint density at radius 2 is 1.65 bits per heavy atom. The van der Waals surface area contributed by atoms with E-state index in [1.54, 1.807) is 37.3 Å². The third kappa shape index (κ3) is 4.46. The van der Waals surface area contributed by atoms with Crippen LogP contribution >= 0.6 is 34.8 Å². The van der Waals surface area contributed by atoms with Crippen molar-refractivity contribution in [2.75, 3.05) is 15.5 Å². The van der Waals surface area contributed by atoms with Gasteiger partial charge in [0.2, 0.25) is 0 Å². The van der Waals surface area contributed by atoms with Crippen molar-refractivity contribution < 1.29 is 19.5 Å². The van der Waals surface area contributed by atoms with Gasteiger partial charge in [-0.3, -0.25) is 14.4 Å². The number of hydrogen-bond donors (Lipinski definition) is 3. The first-order chi connectivity index (χ1) is 16.2. The highest BCUT2D eigenvalue weighted by molar-refractivity contribution is 6.53. The average Bonchev–Trinajstić information content (AvgIpc) is 3.02. The van der Waals surface area contributed by atoms with Gasteiger partial charge in [0.15, 0.2) is 0 Å². The van der Waals surface area contributed by atoms with E-state index in [0.29, 0.717) is 27.0 Å². The maximum absolute atomic E-state index is 13.0. The molecule has 0 saturated carbocycles. The van der Waals surface area contributed by atoms with E-state index in [-0.39, 0.29) is 27.7 Å². The molecule has 0 atom stereocenters. The number of rotatable bonds is 5. The van der Waals surface area contributed by atoms with Gasteiger partial charge in [-0.05, 0) is 67.1 Å². The maximum Gasteiger partial charge on any atom is 0.283 e. The van der Waals surface area contributed by atoms with Crippen LogP contribution in [0.4, 0.5) is 17.1 Å². The number of nitrogens with one attached hydrogen (secondary N) is 2. The molecule has 1 heterocycles. The van der Waals surface area contributed by atoms with Crippen molar-refractivity contribution in [3.05, 3.63) is 92.6 Å². The van der Waals surface area contributed by atoms with Crippen LogP contribution in [0.25, 0.3) is 0 Å². The van der Waals surface area contributed by atoms with Crippen LogP contribution in [0.3, 0.4) is 0 Å². The van der Waals surface area contributed by atoms with Gasteiger partial charge in [-0.15, -0.1) is 0 Å². The summed E-state index contributed by atoms with van der Waals surface area (Å²) in [5.74, 6) is -1.90. The second kappa shape index (κ2) is 9.38. The second-order valence-electron chi connectivity index (χ2n) is 7.34. The SMILES string of the molecule is Cc1c(Cl)cccc1N1C(=O)C(Cl)=C(Nc2ccc(C(=O)Nc3cc(Cl)ccc3O)cc2)C1=O. The van der Waals surface area contributed by atoms with Crippen molar-refractivity contribution >= 4 is 69.6 Å². The molecule has 3 amide bonds. The molecule has 0 radical (unpaired) electrons. The lowest BCUT2D eigenvalue weighted by Gasteiger charge is -2.18. The lowest BCUT2D eigenvalue weighted by atomic mass is 10.1. The van der Waals surface area contributed by atoms with Crippen molar-refractivity contribution in [2.45, 2.75) is 6.92 Å². The molecule has 0 fully saturated rings. The lowest BCUT2D eigenvalue weighted by Crippen LogP contribution is -2.32. The molecule has 34 heavy (non-hydrogen) atoms. The van der Waals surface area contributed by atoms with Gasteiger partial charge in [0.05, 0.1) is 11.4 Å². The summed E-state index contributed by atoms with van der Waals surface area (Å²) in [4.78, 5) is 39.2. The predicted molar refractivity (Wildman–Crippen MR) is 133 cm³/mol. The van der Waals surface area contributed by atoms with Crippen LogP contribution in [0.15, 0.2) is 71.4 Å². The normalized spacial score (nSPS) is 13.5. The molecule has 4 rings (SSSR count). The number of imide groups is 1. The van der Waals surface area contributed by atoms with Crippen LogP contribution in [0.5, 0.6) is 5.75 Å². The van der Waals surface area contributed by atoms with Gasteiger partial charge >= 0.3 is 0 Å². The first-order valence-electron chi connectivity index (χ1n) is 9.88. The van der Waals surface area contributed by atoms with E-state index in [4.69, 9.17) is 34.8 Å². The number of nitrogens with zero attached hydrogens (tertiary/aromatic N) is 1. The minimum absolute atomic E-state index is 0.0907. The molecule has 0 spiro atoms. The Hall–Kier alpha value is -3.52. The summed E-state index contributed by atoms with van der Waals surface area (Å²) >= 11 is 18.2. The topological polar surface area (TPSA) is 98.7 Å². The van der Waals surface area contributed by atoms with Gasteiger partial charge in [-0.25, -0.2) is 4.90 Å². The standard InChI is InChI=1S/C24H16Cl3N3O4/c1-12-16(26)3-2-4-18(12)30-23(33)20(27)21(24(30)34)28-15-8-5-13(6-9-15)22(32)29-17-11-14(25)7-10-19(17)31/h2-11,28,31H,1H3,(H,29,32). The molecule has 0 aromatic heterocycles. The van der Waals surface area contributed by atoms with E-state index in [9.17, 15) is 19.5 Å². The zero-order chi connectivity index (χ0) is 24.6. The molecule has 7 nitrogen and oxygen atoms in total. The molecule has 1 aliphatic heterocycles. The Kier molecular flexibility index (Phi) is 6.52. The van der Waals surface area contributed by atoms with Crippen molar-refractivity contribution in [3.8, 4) is 5.75 Å². The van der Waals surface area contributed by atoms with Crippen LogP contribution in [0, 0.1) is 6.92 Å². The Morgan fingerprint density at radius 1 is 0.941 bits per heavy atom. The molecule has 172 valence electrons. The van der Waals surface area contributed by atoms with Crippen LogP contribution in [-0.4, -0.2) is 22.8 Å². The molecule has 0 unspecified atom stereocenters. The largest absolute Gasteiger partial charge is 0.506 e. The van der Waals surface area contributed by atoms with E-state index in [1.165, 1.54) is 30.3 Å². The molecule has 0 bridgehead atoms. The highest BCUT2D eigenvalue weighted by Crippen LogP contribution is 2.34. The van der Waals surface area contributed by atoms with Crippen molar-refractivity contribution in [2.24, 2.45) is 0 Å². The number of phenolic OH excluding ortho intramolecular Hbond substituents is 1. The third-order valence-electron chi connectivity index (χ3n) is 5.13. The van der Waals surface area contributed by atoms with E-state index in [0.717, 1.165) is 4.90 Å². The number of aromatic hydroxyl groups is 1. The number of hydrogen-bond acceptors (Lipinski definition) is 5. The summed E-state index contributed by atoms with van der Waals surface area (Å²) in [6.07, 6.45) is 0. The average molecular weight is 517 g/mol. The van der Waals surface area contributed by atoms with Gasteiger partial charge in [0.1, 0.15) is 16.5 Å². The zero-order valence-corrected chi connectivity index (χ0v) is 19.8. The summed E-state index contributed by atoms with van der Waals surface area (Å²) in [5.41, 5.74) is 1.71. The van der Waals surface area contributed by atoms with Crippen molar-refractivity contribution in [1.29, 1.82) is 0 Å². The number of carbonyl (C=O) groups is 3. The monoisotopic (exact) mass is 515 g/mol. The molecule has 0 aliphatic carbocycles. The summed E-state index contributed by atoms with van der Waals surface area (Å²) in [5, 5.41) is 15.8. The maximum atomic E-state index is 13.0. The molecule has 3 N–H and O–H groups in total. The number of halogens is 3. The van der Waals surface area contributed by atoms with Crippen molar-refractivity contribution in [1.82, 2.24) is 0 Å². The Morgan fingerprint density at radius 3 is 2.35 bits per heavy atom. The van der Waals surface area contributed by atoms with Gasteiger partial charge in [0, 0.05) is 21.3 Å². The van der Waals surface area contributed by atoms with Crippen LogP contribution < -0.4 is 15.5 Å². The third-order valence-corrected chi connectivity index (χ3v) is 6.13.